The maximum Gasteiger partial charge on any atom is 0.264 e. The molecule has 1 saturated heterocycles. The Kier molecular flexibility index (Phi) is 6.29. The van der Waals surface area contributed by atoms with Crippen LogP contribution in [-0.4, -0.2) is 52.5 Å². The Labute approximate surface area is 218 Å². The predicted octanol–water partition coefficient (Wildman–Crippen LogP) is 4.89. The molecule has 6 rings (SSSR count). The number of benzene rings is 1. The Balaban J connectivity index is 1.37. The van der Waals surface area contributed by atoms with Crippen molar-refractivity contribution in [2.24, 2.45) is 0 Å². The summed E-state index contributed by atoms with van der Waals surface area (Å²) in [4.78, 5) is 24.3. The van der Waals surface area contributed by atoms with Crippen LogP contribution in [0.25, 0.3) is 16.9 Å². The highest BCUT2D eigenvalue weighted by Gasteiger charge is 2.28. The summed E-state index contributed by atoms with van der Waals surface area (Å²) in [6.45, 7) is 2.53. The van der Waals surface area contributed by atoms with E-state index in [1.54, 1.807) is 16.8 Å². The standard InChI is InChI=1S/C28H28F2N6O2/c1-35(2)14-22-18(17-8-10-38-15-17)4-6-24(34-22)33-21-5-3-19(20-12-32-28(37)26(20)21)23-13-31-25-11-16(27(29)30)7-9-36(23)25/h3-7,9,11,13,17,27H,8,10,12,14-15H2,1-2H3,(H,32,37)(H,33,34). The van der Waals surface area contributed by atoms with E-state index in [2.05, 4.69) is 26.6 Å². The van der Waals surface area contributed by atoms with Gasteiger partial charge in [0, 0.05) is 42.9 Å². The summed E-state index contributed by atoms with van der Waals surface area (Å²) in [5.74, 6) is 0.822. The molecular weight excluding hydrogens is 490 g/mol. The minimum atomic E-state index is -2.57. The van der Waals surface area contributed by atoms with Crippen molar-refractivity contribution in [3.8, 4) is 11.3 Å². The predicted molar refractivity (Wildman–Crippen MR) is 140 cm³/mol. The Morgan fingerprint density at radius 1 is 1.24 bits per heavy atom. The summed E-state index contributed by atoms with van der Waals surface area (Å²) in [7, 11) is 4.03. The molecule has 0 spiro atoms. The number of amides is 1. The van der Waals surface area contributed by atoms with E-state index in [4.69, 9.17) is 9.72 Å². The fraction of sp³-hybridized carbons (Fsp3) is 0.321. The first-order valence-corrected chi connectivity index (χ1v) is 12.6. The molecule has 1 fully saturated rings. The monoisotopic (exact) mass is 518 g/mol. The highest BCUT2D eigenvalue weighted by Crippen LogP contribution is 2.36. The molecule has 3 aromatic heterocycles. The lowest BCUT2D eigenvalue weighted by molar-refractivity contribution is 0.0966. The molecule has 0 bridgehead atoms. The Hall–Kier alpha value is -3.89. The maximum atomic E-state index is 13.2. The van der Waals surface area contributed by atoms with Gasteiger partial charge in [0.2, 0.25) is 0 Å². The van der Waals surface area contributed by atoms with Crippen LogP contribution in [0.5, 0.6) is 0 Å². The Bertz CT molecular complexity index is 1530. The zero-order valence-corrected chi connectivity index (χ0v) is 21.2. The maximum absolute atomic E-state index is 13.2. The quantitative estimate of drug-likeness (QED) is 0.363. The third-order valence-electron chi connectivity index (χ3n) is 7.14. The SMILES string of the molecule is CN(C)Cc1nc(Nc2ccc(-c3cnc4cc(C(F)F)ccn34)c3c2C(=O)NC3)ccc1C1CCOC1. The second-order valence-corrected chi connectivity index (χ2v) is 9.99. The largest absolute Gasteiger partial charge is 0.381 e. The second kappa shape index (κ2) is 9.77. The first-order chi connectivity index (χ1) is 18.4. The van der Waals surface area contributed by atoms with E-state index in [0.29, 0.717) is 48.3 Å². The Morgan fingerprint density at radius 3 is 2.87 bits per heavy atom. The van der Waals surface area contributed by atoms with Crippen molar-refractivity contribution in [2.75, 3.05) is 32.6 Å². The highest BCUT2D eigenvalue weighted by atomic mass is 19.3. The topological polar surface area (TPSA) is 83.8 Å². The molecule has 0 saturated carbocycles. The molecule has 1 amide bonds. The molecule has 5 heterocycles. The highest BCUT2D eigenvalue weighted by molar-refractivity contribution is 6.06. The van der Waals surface area contributed by atoms with E-state index < -0.39 is 6.43 Å². The lowest BCUT2D eigenvalue weighted by atomic mass is 9.96. The van der Waals surface area contributed by atoms with Gasteiger partial charge in [0.25, 0.3) is 12.3 Å². The number of hydrogen-bond donors (Lipinski definition) is 2. The number of hydrogen-bond acceptors (Lipinski definition) is 6. The molecule has 4 aromatic rings. The van der Waals surface area contributed by atoms with Gasteiger partial charge in [0.15, 0.2) is 0 Å². The minimum Gasteiger partial charge on any atom is -0.381 e. The van der Waals surface area contributed by atoms with E-state index in [1.165, 1.54) is 17.7 Å². The summed E-state index contributed by atoms with van der Waals surface area (Å²) in [6, 6.07) is 10.6. The number of rotatable bonds is 7. The molecular formula is C28H28F2N6O2. The van der Waals surface area contributed by atoms with Gasteiger partial charge < -0.3 is 20.3 Å². The second-order valence-electron chi connectivity index (χ2n) is 9.99. The van der Waals surface area contributed by atoms with Crippen LogP contribution < -0.4 is 10.6 Å². The van der Waals surface area contributed by atoms with Gasteiger partial charge in [0.1, 0.15) is 11.5 Å². The normalized spacial score (nSPS) is 17.0. The molecule has 1 aromatic carbocycles. The van der Waals surface area contributed by atoms with Gasteiger partial charge in [-0.25, -0.2) is 18.7 Å². The summed E-state index contributed by atoms with van der Waals surface area (Å²) in [5.41, 5.74) is 6.12. The van der Waals surface area contributed by atoms with Crippen LogP contribution in [0, 0.1) is 0 Å². The first kappa shape index (κ1) is 24.4. The number of nitrogens with one attached hydrogen (secondary N) is 2. The number of fused-ring (bicyclic) bond motifs is 2. The van der Waals surface area contributed by atoms with Crippen molar-refractivity contribution < 1.29 is 18.3 Å². The number of pyridine rings is 2. The Morgan fingerprint density at radius 2 is 2.11 bits per heavy atom. The zero-order valence-electron chi connectivity index (χ0n) is 21.2. The summed E-state index contributed by atoms with van der Waals surface area (Å²) >= 11 is 0. The number of ether oxygens (including phenoxy) is 1. The van der Waals surface area contributed by atoms with E-state index in [9.17, 15) is 13.6 Å². The van der Waals surface area contributed by atoms with Crippen LogP contribution in [0.15, 0.2) is 48.8 Å². The third-order valence-corrected chi connectivity index (χ3v) is 7.14. The number of anilines is 2. The molecule has 1 unspecified atom stereocenters. The lowest BCUT2D eigenvalue weighted by Crippen LogP contribution is -2.16. The molecule has 2 N–H and O–H groups in total. The van der Waals surface area contributed by atoms with Crippen LogP contribution in [0.4, 0.5) is 20.3 Å². The summed E-state index contributed by atoms with van der Waals surface area (Å²) < 4.78 is 33.7. The van der Waals surface area contributed by atoms with Gasteiger partial charge in [-0.2, -0.15) is 0 Å². The molecule has 1 atom stereocenters. The number of carbonyl (C=O) groups excluding carboxylic acids is 1. The number of carbonyl (C=O) groups is 1. The van der Waals surface area contributed by atoms with Crippen LogP contribution in [0.1, 0.15) is 51.5 Å². The molecule has 0 radical (unpaired) electrons. The van der Waals surface area contributed by atoms with Gasteiger partial charge in [-0.05, 0) is 55.9 Å². The van der Waals surface area contributed by atoms with E-state index in [1.807, 2.05) is 32.3 Å². The van der Waals surface area contributed by atoms with Crippen LogP contribution in [0.2, 0.25) is 0 Å². The van der Waals surface area contributed by atoms with Crippen molar-refractivity contribution in [1.82, 2.24) is 24.6 Å². The number of nitrogens with zero attached hydrogens (tertiary/aromatic N) is 4. The smallest absolute Gasteiger partial charge is 0.264 e. The summed E-state index contributed by atoms with van der Waals surface area (Å²) in [5, 5.41) is 6.29. The average molecular weight is 519 g/mol. The van der Waals surface area contributed by atoms with Crippen molar-refractivity contribution in [2.45, 2.75) is 31.9 Å². The van der Waals surface area contributed by atoms with Gasteiger partial charge >= 0.3 is 0 Å². The fourth-order valence-corrected chi connectivity index (χ4v) is 5.32. The molecule has 8 nitrogen and oxygen atoms in total. The van der Waals surface area contributed by atoms with E-state index in [0.717, 1.165) is 35.5 Å². The third kappa shape index (κ3) is 4.39. The van der Waals surface area contributed by atoms with Gasteiger partial charge in [-0.3, -0.25) is 9.20 Å². The molecule has 196 valence electrons. The van der Waals surface area contributed by atoms with Crippen LogP contribution in [0.3, 0.4) is 0 Å². The van der Waals surface area contributed by atoms with Crippen molar-refractivity contribution in [3.63, 3.8) is 0 Å². The molecule has 38 heavy (non-hydrogen) atoms. The fourth-order valence-electron chi connectivity index (χ4n) is 5.32. The number of alkyl halides is 2. The zero-order chi connectivity index (χ0) is 26.4. The molecule has 2 aliphatic heterocycles. The number of halogens is 2. The molecule has 10 heteroatoms. The van der Waals surface area contributed by atoms with Gasteiger partial charge in [0.05, 0.1) is 35.4 Å². The van der Waals surface area contributed by atoms with E-state index >= 15 is 0 Å². The lowest BCUT2D eigenvalue weighted by Gasteiger charge is -2.19. The molecule has 2 aliphatic rings. The number of aromatic nitrogens is 3. The van der Waals surface area contributed by atoms with Crippen molar-refractivity contribution >= 4 is 23.1 Å². The van der Waals surface area contributed by atoms with E-state index in [-0.39, 0.29) is 11.5 Å². The first-order valence-electron chi connectivity index (χ1n) is 12.6. The van der Waals surface area contributed by atoms with Crippen LogP contribution in [-0.2, 0) is 17.8 Å². The summed E-state index contributed by atoms with van der Waals surface area (Å²) in [6.07, 6.45) is 1.66. The van der Waals surface area contributed by atoms with Gasteiger partial charge in [-0.15, -0.1) is 0 Å². The van der Waals surface area contributed by atoms with Crippen molar-refractivity contribution in [3.05, 3.63) is 76.7 Å². The average Bonchev–Trinajstić information content (AvgIpc) is 3.64. The van der Waals surface area contributed by atoms with Crippen LogP contribution >= 0.6 is 0 Å². The number of imidazole rings is 1. The molecule has 0 aliphatic carbocycles. The van der Waals surface area contributed by atoms with Crippen molar-refractivity contribution in [1.29, 1.82) is 0 Å². The minimum absolute atomic E-state index is 0.0797. The van der Waals surface area contributed by atoms with Gasteiger partial charge in [-0.1, -0.05) is 12.1 Å².